The minimum absolute atomic E-state index is 0.00253. The summed E-state index contributed by atoms with van der Waals surface area (Å²) in [5, 5.41) is 10.1. The van der Waals surface area contributed by atoms with Crippen LogP contribution < -0.4 is 0 Å². The Labute approximate surface area is 93.5 Å². The molecule has 1 aromatic heterocycles. The van der Waals surface area contributed by atoms with Gasteiger partial charge in [-0.2, -0.15) is 0 Å². The normalized spacial score (nSPS) is 12.7. The largest absolute Gasteiger partial charge is 0.395 e. The number of rotatable bonds is 3. The average molecular weight is 222 g/mol. The van der Waals surface area contributed by atoms with Crippen molar-refractivity contribution in [3.8, 4) is 0 Å². The van der Waals surface area contributed by atoms with E-state index < -0.39 is 0 Å². The monoisotopic (exact) mass is 221 g/mol. The molecule has 0 saturated carbocycles. The number of aromatic amines is 1. The molecule has 15 heavy (non-hydrogen) atoms. The Hall–Kier alpha value is -1.25. The third kappa shape index (κ3) is 2.22. The summed E-state index contributed by atoms with van der Waals surface area (Å²) in [6.45, 7) is 0.0855. The lowest BCUT2D eigenvalue weighted by Crippen LogP contribution is -2.06. The number of hydrogen-bond donors (Lipinski definition) is 2. The maximum absolute atomic E-state index is 9.37. The van der Waals surface area contributed by atoms with Crippen LogP contribution in [0.4, 0.5) is 0 Å². The van der Waals surface area contributed by atoms with Gasteiger partial charge in [-0.05, 0) is 29.8 Å². The molecule has 2 rings (SSSR count). The first-order valence-corrected chi connectivity index (χ1v) is 5.18. The molecule has 0 spiro atoms. The summed E-state index contributed by atoms with van der Waals surface area (Å²) in [5.41, 5.74) is 2.07. The highest BCUT2D eigenvalue weighted by molar-refractivity contribution is 6.30. The van der Waals surface area contributed by atoms with Crippen LogP contribution in [0.2, 0.25) is 5.02 Å². The van der Waals surface area contributed by atoms with Gasteiger partial charge in [-0.1, -0.05) is 23.7 Å². The molecule has 2 N–H and O–H groups in total. The van der Waals surface area contributed by atoms with Crippen LogP contribution in [0.5, 0.6) is 0 Å². The lowest BCUT2D eigenvalue weighted by molar-refractivity contribution is 0.279. The zero-order chi connectivity index (χ0) is 10.7. The average Bonchev–Trinajstić information content (AvgIpc) is 2.75. The van der Waals surface area contributed by atoms with E-state index in [2.05, 4.69) is 4.98 Å². The van der Waals surface area contributed by atoms with Crippen molar-refractivity contribution < 1.29 is 5.11 Å². The molecule has 1 unspecified atom stereocenters. The van der Waals surface area contributed by atoms with E-state index in [9.17, 15) is 5.11 Å². The van der Waals surface area contributed by atoms with E-state index >= 15 is 0 Å². The molecule has 3 heteroatoms. The molecular weight excluding hydrogens is 210 g/mol. The maximum Gasteiger partial charge on any atom is 0.0554 e. The molecule has 0 aliphatic heterocycles. The van der Waals surface area contributed by atoms with Gasteiger partial charge < -0.3 is 10.1 Å². The fourth-order valence-electron chi connectivity index (χ4n) is 1.64. The minimum Gasteiger partial charge on any atom is -0.395 e. The van der Waals surface area contributed by atoms with Crippen molar-refractivity contribution in [1.29, 1.82) is 0 Å². The van der Waals surface area contributed by atoms with Crippen LogP contribution >= 0.6 is 11.6 Å². The van der Waals surface area contributed by atoms with E-state index in [4.69, 9.17) is 11.6 Å². The molecule has 0 fully saturated rings. The van der Waals surface area contributed by atoms with Gasteiger partial charge in [0.15, 0.2) is 0 Å². The highest BCUT2D eigenvalue weighted by atomic mass is 35.5. The first kappa shape index (κ1) is 10.3. The predicted octanol–water partition coefficient (Wildman–Crippen LogP) is 2.79. The number of aliphatic hydroxyl groups is 1. The van der Waals surface area contributed by atoms with Gasteiger partial charge in [-0.25, -0.2) is 0 Å². The Bertz CT molecular complexity index is 408. The quantitative estimate of drug-likeness (QED) is 0.822. The highest BCUT2D eigenvalue weighted by Crippen LogP contribution is 2.23. The Morgan fingerprint density at radius 2 is 1.93 bits per heavy atom. The zero-order valence-corrected chi connectivity index (χ0v) is 8.91. The molecule has 0 radical (unpaired) electrons. The minimum atomic E-state index is -0.00253. The van der Waals surface area contributed by atoms with Crippen molar-refractivity contribution in [1.82, 2.24) is 4.98 Å². The molecule has 1 atom stereocenters. The summed E-state index contributed by atoms with van der Waals surface area (Å²) < 4.78 is 0. The zero-order valence-electron chi connectivity index (χ0n) is 8.15. The van der Waals surface area contributed by atoms with Gasteiger partial charge >= 0.3 is 0 Å². The van der Waals surface area contributed by atoms with Crippen LogP contribution in [-0.4, -0.2) is 16.7 Å². The second kappa shape index (κ2) is 4.51. The molecule has 1 aromatic carbocycles. The number of hydrogen-bond acceptors (Lipinski definition) is 1. The summed E-state index contributed by atoms with van der Waals surface area (Å²) in [7, 11) is 0. The van der Waals surface area contributed by atoms with Crippen molar-refractivity contribution in [2.24, 2.45) is 0 Å². The van der Waals surface area contributed by atoms with Crippen molar-refractivity contribution in [2.45, 2.75) is 5.92 Å². The molecule has 0 saturated heterocycles. The highest BCUT2D eigenvalue weighted by Gasteiger charge is 2.13. The Kier molecular flexibility index (Phi) is 3.09. The van der Waals surface area contributed by atoms with Gasteiger partial charge in [0.1, 0.15) is 0 Å². The number of halogens is 1. The molecule has 2 aromatic rings. The van der Waals surface area contributed by atoms with Crippen LogP contribution in [0.15, 0.2) is 42.6 Å². The van der Waals surface area contributed by atoms with Crippen molar-refractivity contribution in [3.05, 3.63) is 58.9 Å². The summed E-state index contributed by atoms with van der Waals surface area (Å²) in [5.74, 6) is -0.00253. The molecule has 78 valence electrons. The summed E-state index contributed by atoms with van der Waals surface area (Å²) in [6, 6.07) is 11.4. The van der Waals surface area contributed by atoms with Crippen LogP contribution in [-0.2, 0) is 0 Å². The third-order valence-electron chi connectivity index (χ3n) is 2.45. The van der Waals surface area contributed by atoms with Crippen LogP contribution in [0.25, 0.3) is 0 Å². The molecule has 1 heterocycles. The Balaban J connectivity index is 2.31. The fourth-order valence-corrected chi connectivity index (χ4v) is 1.77. The van der Waals surface area contributed by atoms with Gasteiger partial charge in [0.05, 0.1) is 6.61 Å². The first-order chi connectivity index (χ1) is 7.31. The smallest absolute Gasteiger partial charge is 0.0554 e. The molecule has 0 aliphatic carbocycles. The Morgan fingerprint density at radius 3 is 2.47 bits per heavy atom. The summed E-state index contributed by atoms with van der Waals surface area (Å²) in [4.78, 5) is 3.11. The standard InChI is InChI=1S/C12H12ClNO/c13-10-5-3-9(4-6-10)11(8-15)12-2-1-7-14-12/h1-7,11,14-15H,8H2. The Morgan fingerprint density at radius 1 is 1.20 bits per heavy atom. The van der Waals surface area contributed by atoms with E-state index in [-0.39, 0.29) is 12.5 Å². The van der Waals surface area contributed by atoms with E-state index in [0.29, 0.717) is 5.02 Å². The topological polar surface area (TPSA) is 36.0 Å². The van der Waals surface area contributed by atoms with Crippen LogP contribution in [0.3, 0.4) is 0 Å². The maximum atomic E-state index is 9.37. The van der Waals surface area contributed by atoms with Crippen molar-refractivity contribution in [2.75, 3.05) is 6.61 Å². The molecular formula is C12H12ClNO. The summed E-state index contributed by atoms with van der Waals surface area (Å²) >= 11 is 5.81. The van der Waals surface area contributed by atoms with Crippen LogP contribution in [0, 0.1) is 0 Å². The second-order valence-electron chi connectivity index (χ2n) is 3.41. The number of nitrogens with one attached hydrogen (secondary N) is 1. The number of benzene rings is 1. The van der Waals surface area contributed by atoms with E-state index in [0.717, 1.165) is 11.3 Å². The second-order valence-corrected chi connectivity index (χ2v) is 3.85. The van der Waals surface area contributed by atoms with Gasteiger partial charge in [-0.3, -0.25) is 0 Å². The van der Waals surface area contributed by atoms with Gasteiger partial charge in [0.2, 0.25) is 0 Å². The SMILES string of the molecule is OCC(c1ccc(Cl)cc1)c1ccc[nH]1. The van der Waals surface area contributed by atoms with Crippen LogP contribution in [0.1, 0.15) is 17.2 Å². The number of aromatic nitrogens is 1. The lowest BCUT2D eigenvalue weighted by atomic mass is 9.97. The van der Waals surface area contributed by atoms with Gasteiger partial charge in [-0.15, -0.1) is 0 Å². The molecule has 0 aliphatic rings. The number of H-pyrrole nitrogens is 1. The van der Waals surface area contributed by atoms with E-state index in [1.807, 2.05) is 42.6 Å². The fraction of sp³-hybridized carbons (Fsp3) is 0.167. The number of aliphatic hydroxyl groups excluding tert-OH is 1. The lowest BCUT2D eigenvalue weighted by Gasteiger charge is -2.13. The molecule has 2 nitrogen and oxygen atoms in total. The molecule has 0 amide bonds. The van der Waals surface area contributed by atoms with E-state index in [1.54, 1.807) is 0 Å². The van der Waals surface area contributed by atoms with Crippen molar-refractivity contribution >= 4 is 11.6 Å². The van der Waals surface area contributed by atoms with Gasteiger partial charge in [0.25, 0.3) is 0 Å². The first-order valence-electron chi connectivity index (χ1n) is 4.81. The molecule has 0 bridgehead atoms. The third-order valence-corrected chi connectivity index (χ3v) is 2.70. The summed E-state index contributed by atoms with van der Waals surface area (Å²) in [6.07, 6.45) is 1.86. The predicted molar refractivity (Wildman–Crippen MR) is 61.2 cm³/mol. The van der Waals surface area contributed by atoms with E-state index in [1.165, 1.54) is 0 Å². The van der Waals surface area contributed by atoms with Gasteiger partial charge in [0, 0.05) is 22.8 Å². The van der Waals surface area contributed by atoms with Crippen molar-refractivity contribution in [3.63, 3.8) is 0 Å².